The van der Waals surface area contributed by atoms with Crippen LogP contribution < -0.4 is 5.32 Å². The van der Waals surface area contributed by atoms with Crippen molar-refractivity contribution in [3.05, 3.63) is 70.2 Å². The van der Waals surface area contributed by atoms with Crippen LogP contribution in [0.5, 0.6) is 0 Å². The molecule has 2 aromatic rings. The molecular formula is C21H24ClN3O. The summed E-state index contributed by atoms with van der Waals surface area (Å²) in [6, 6.07) is 16.5. The van der Waals surface area contributed by atoms with Crippen LogP contribution in [-0.4, -0.2) is 48.4 Å². The fourth-order valence-corrected chi connectivity index (χ4v) is 4.23. The van der Waals surface area contributed by atoms with Gasteiger partial charge in [0.15, 0.2) is 0 Å². The zero-order chi connectivity index (χ0) is 17.9. The van der Waals surface area contributed by atoms with Crippen molar-refractivity contribution in [3.8, 4) is 0 Å². The number of nitrogens with zero attached hydrogens (tertiary/aromatic N) is 2. The molecule has 0 saturated carbocycles. The van der Waals surface area contributed by atoms with Crippen LogP contribution in [0.3, 0.4) is 0 Å². The maximum absolute atomic E-state index is 13.0. The van der Waals surface area contributed by atoms with E-state index in [0.29, 0.717) is 6.54 Å². The van der Waals surface area contributed by atoms with Gasteiger partial charge in [0.25, 0.3) is 0 Å². The summed E-state index contributed by atoms with van der Waals surface area (Å²) >= 11 is 6.41. The maximum atomic E-state index is 13.0. The number of piperazine rings is 1. The Kier molecular flexibility index (Phi) is 5.25. The molecule has 1 unspecified atom stereocenters. The molecule has 26 heavy (non-hydrogen) atoms. The van der Waals surface area contributed by atoms with Crippen molar-refractivity contribution in [2.45, 2.75) is 19.0 Å². The summed E-state index contributed by atoms with van der Waals surface area (Å²) in [6.07, 6.45) is 0.942. The summed E-state index contributed by atoms with van der Waals surface area (Å²) in [5.41, 5.74) is 3.74. The molecule has 0 aromatic heterocycles. The molecule has 4 nitrogen and oxygen atoms in total. The minimum atomic E-state index is 0.137. The highest BCUT2D eigenvalue weighted by Gasteiger charge is 2.29. The number of benzene rings is 2. The Morgan fingerprint density at radius 2 is 1.85 bits per heavy atom. The lowest BCUT2D eigenvalue weighted by atomic mass is 9.99. The first kappa shape index (κ1) is 17.5. The van der Waals surface area contributed by atoms with Crippen molar-refractivity contribution >= 4 is 17.5 Å². The van der Waals surface area contributed by atoms with E-state index in [1.165, 1.54) is 11.1 Å². The molecule has 4 rings (SSSR count). The van der Waals surface area contributed by atoms with Gasteiger partial charge >= 0.3 is 0 Å². The van der Waals surface area contributed by atoms with Crippen LogP contribution in [0, 0.1) is 0 Å². The second-order valence-electron chi connectivity index (χ2n) is 7.05. The van der Waals surface area contributed by atoms with Gasteiger partial charge in [-0.25, -0.2) is 0 Å². The Balaban J connectivity index is 1.47. The predicted octanol–water partition coefficient (Wildman–Crippen LogP) is 2.87. The van der Waals surface area contributed by atoms with Gasteiger partial charge in [-0.2, -0.15) is 0 Å². The van der Waals surface area contributed by atoms with E-state index in [-0.39, 0.29) is 11.9 Å². The monoisotopic (exact) mass is 369 g/mol. The van der Waals surface area contributed by atoms with Crippen LogP contribution in [0.25, 0.3) is 0 Å². The zero-order valence-corrected chi connectivity index (χ0v) is 15.6. The van der Waals surface area contributed by atoms with Crippen molar-refractivity contribution in [2.75, 3.05) is 32.7 Å². The zero-order valence-electron chi connectivity index (χ0n) is 14.8. The Labute approximate surface area is 159 Å². The number of carbonyl (C=O) groups excluding carboxylic acids is 1. The molecule has 136 valence electrons. The maximum Gasteiger partial charge on any atom is 0.237 e. The average molecular weight is 370 g/mol. The summed E-state index contributed by atoms with van der Waals surface area (Å²) in [4.78, 5) is 17.2. The first-order valence-corrected chi connectivity index (χ1v) is 9.64. The van der Waals surface area contributed by atoms with E-state index in [2.05, 4.69) is 40.5 Å². The fourth-order valence-electron chi connectivity index (χ4n) is 3.97. The molecule has 2 aliphatic heterocycles. The smallest absolute Gasteiger partial charge is 0.237 e. The van der Waals surface area contributed by atoms with Gasteiger partial charge < -0.3 is 10.2 Å². The Hall–Kier alpha value is -1.88. The average Bonchev–Trinajstić information content (AvgIpc) is 2.68. The van der Waals surface area contributed by atoms with Gasteiger partial charge in [-0.15, -0.1) is 0 Å². The molecule has 5 heteroatoms. The van der Waals surface area contributed by atoms with Crippen LogP contribution in [0.1, 0.15) is 22.7 Å². The highest BCUT2D eigenvalue weighted by Crippen LogP contribution is 2.28. The Bertz CT molecular complexity index is 794. The van der Waals surface area contributed by atoms with E-state index in [9.17, 15) is 4.79 Å². The summed E-state index contributed by atoms with van der Waals surface area (Å²) in [5.74, 6) is 0.207. The molecule has 1 amide bonds. The number of fused-ring (bicyclic) bond motifs is 1. The van der Waals surface area contributed by atoms with Crippen LogP contribution in [0.2, 0.25) is 5.02 Å². The second kappa shape index (κ2) is 7.78. The molecule has 1 atom stereocenters. The molecule has 0 bridgehead atoms. The molecule has 0 aliphatic carbocycles. The van der Waals surface area contributed by atoms with Gasteiger partial charge in [0.2, 0.25) is 5.91 Å². The van der Waals surface area contributed by atoms with Gasteiger partial charge in [-0.05, 0) is 29.2 Å². The van der Waals surface area contributed by atoms with E-state index in [4.69, 9.17) is 11.6 Å². The summed E-state index contributed by atoms with van der Waals surface area (Å²) < 4.78 is 0. The number of nitrogens with one attached hydrogen (secondary N) is 1. The predicted molar refractivity (Wildman–Crippen MR) is 104 cm³/mol. The van der Waals surface area contributed by atoms with Gasteiger partial charge in [0.1, 0.15) is 0 Å². The number of hydrogen-bond acceptors (Lipinski definition) is 3. The lowest BCUT2D eigenvalue weighted by Gasteiger charge is -2.38. The van der Waals surface area contributed by atoms with Crippen molar-refractivity contribution in [1.29, 1.82) is 0 Å². The van der Waals surface area contributed by atoms with Crippen molar-refractivity contribution in [2.24, 2.45) is 0 Å². The van der Waals surface area contributed by atoms with Crippen LogP contribution in [0.15, 0.2) is 48.5 Å². The number of hydrogen-bond donors (Lipinski definition) is 1. The number of amides is 1. The second-order valence-corrected chi connectivity index (χ2v) is 7.45. The van der Waals surface area contributed by atoms with Gasteiger partial charge in [0, 0.05) is 43.8 Å². The number of halogens is 1. The molecule has 1 N–H and O–H groups in total. The lowest BCUT2D eigenvalue weighted by molar-refractivity contribution is -0.134. The SMILES string of the molecule is O=C(CN1CCNCC1c1ccccc1Cl)N1CCc2ccccc2C1. The van der Waals surface area contributed by atoms with Crippen molar-refractivity contribution in [1.82, 2.24) is 15.1 Å². The normalized spacial score (nSPS) is 20.7. The number of rotatable bonds is 3. The molecule has 1 saturated heterocycles. The summed E-state index contributed by atoms with van der Waals surface area (Å²) in [7, 11) is 0. The quantitative estimate of drug-likeness (QED) is 0.903. The summed E-state index contributed by atoms with van der Waals surface area (Å²) in [5, 5.41) is 4.20. The highest BCUT2D eigenvalue weighted by molar-refractivity contribution is 6.31. The first-order valence-electron chi connectivity index (χ1n) is 9.26. The third-order valence-electron chi connectivity index (χ3n) is 5.44. The largest absolute Gasteiger partial charge is 0.337 e. The lowest BCUT2D eigenvalue weighted by Crippen LogP contribution is -2.50. The van der Waals surface area contributed by atoms with Gasteiger partial charge in [-0.1, -0.05) is 54.1 Å². The van der Waals surface area contributed by atoms with E-state index in [1.807, 2.05) is 23.1 Å². The van der Waals surface area contributed by atoms with E-state index in [1.54, 1.807) is 0 Å². The first-order chi connectivity index (χ1) is 12.7. The molecule has 1 fully saturated rings. The number of carbonyl (C=O) groups is 1. The fraction of sp³-hybridized carbons (Fsp3) is 0.381. The van der Waals surface area contributed by atoms with E-state index in [0.717, 1.165) is 49.7 Å². The minimum Gasteiger partial charge on any atom is -0.337 e. The minimum absolute atomic E-state index is 0.137. The third kappa shape index (κ3) is 3.63. The molecular weight excluding hydrogens is 346 g/mol. The summed E-state index contributed by atoms with van der Waals surface area (Å²) in [6.45, 7) is 4.54. The molecule has 0 radical (unpaired) electrons. The van der Waals surface area contributed by atoms with Crippen molar-refractivity contribution in [3.63, 3.8) is 0 Å². The topological polar surface area (TPSA) is 35.6 Å². The highest BCUT2D eigenvalue weighted by atomic mass is 35.5. The third-order valence-corrected chi connectivity index (χ3v) is 5.78. The Morgan fingerprint density at radius 1 is 1.08 bits per heavy atom. The molecule has 2 heterocycles. The van der Waals surface area contributed by atoms with Crippen LogP contribution in [-0.2, 0) is 17.8 Å². The van der Waals surface area contributed by atoms with Gasteiger partial charge in [0.05, 0.1) is 6.54 Å². The van der Waals surface area contributed by atoms with Crippen molar-refractivity contribution < 1.29 is 4.79 Å². The van der Waals surface area contributed by atoms with E-state index >= 15 is 0 Å². The van der Waals surface area contributed by atoms with Crippen LogP contribution >= 0.6 is 11.6 Å². The molecule has 0 spiro atoms. The standard InChI is InChI=1S/C21H24ClN3O/c22-19-8-4-3-7-18(19)20-13-23-10-12-24(20)15-21(26)25-11-9-16-5-1-2-6-17(16)14-25/h1-8,20,23H,9-15H2. The molecule has 2 aromatic carbocycles. The van der Waals surface area contributed by atoms with Crippen LogP contribution in [0.4, 0.5) is 0 Å². The molecule has 2 aliphatic rings. The van der Waals surface area contributed by atoms with Gasteiger partial charge in [-0.3, -0.25) is 9.69 Å². The van der Waals surface area contributed by atoms with E-state index < -0.39 is 0 Å². The Morgan fingerprint density at radius 3 is 2.69 bits per heavy atom.